The highest BCUT2D eigenvalue weighted by molar-refractivity contribution is 5.39. The predicted molar refractivity (Wildman–Crippen MR) is 75.4 cm³/mol. The van der Waals surface area contributed by atoms with Gasteiger partial charge in [0.1, 0.15) is 0 Å². The Hall–Kier alpha value is -1.81. The maximum Gasteiger partial charge on any atom is 0.194 e. The van der Waals surface area contributed by atoms with Gasteiger partial charge in [-0.05, 0) is 48.4 Å². The maximum absolute atomic E-state index is 13.8. The third-order valence-electron chi connectivity index (χ3n) is 4.13. The van der Waals surface area contributed by atoms with E-state index in [1.165, 1.54) is 23.6 Å². The van der Waals surface area contributed by atoms with Gasteiger partial charge in [0.25, 0.3) is 0 Å². The summed E-state index contributed by atoms with van der Waals surface area (Å²) in [6.45, 7) is 0. The Labute approximate surface area is 121 Å². The number of aryl methyl sites for hydroxylation is 2. The molecule has 4 heteroatoms. The summed E-state index contributed by atoms with van der Waals surface area (Å²) < 4.78 is 40.2. The van der Waals surface area contributed by atoms with Crippen LogP contribution in [0.2, 0.25) is 0 Å². The molecule has 0 radical (unpaired) electrons. The zero-order valence-electron chi connectivity index (χ0n) is 11.5. The molecule has 21 heavy (non-hydrogen) atoms. The minimum Gasteiger partial charge on any atom is -0.320 e. The Morgan fingerprint density at radius 2 is 1.57 bits per heavy atom. The molecule has 3 rings (SSSR count). The van der Waals surface area contributed by atoms with E-state index >= 15 is 0 Å². The molecule has 2 aromatic rings. The Morgan fingerprint density at radius 1 is 0.857 bits per heavy atom. The van der Waals surface area contributed by atoms with Crippen molar-refractivity contribution in [3.63, 3.8) is 0 Å². The van der Waals surface area contributed by atoms with Gasteiger partial charge in [-0.25, -0.2) is 13.2 Å². The molecule has 0 saturated heterocycles. The summed E-state index contributed by atoms with van der Waals surface area (Å²) in [4.78, 5) is 0. The lowest BCUT2D eigenvalue weighted by atomic mass is 9.88. The fourth-order valence-corrected chi connectivity index (χ4v) is 2.91. The van der Waals surface area contributed by atoms with Gasteiger partial charge in [0.05, 0.1) is 6.04 Å². The Morgan fingerprint density at radius 3 is 2.33 bits per heavy atom. The van der Waals surface area contributed by atoms with Gasteiger partial charge < -0.3 is 5.73 Å². The Kier molecular flexibility index (Phi) is 3.72. The van der Waals surface area contributed by atoms with Crippen molar-refractivity contribution in [3.05, 3.63) is 70.0 Å². The second kappa shape index (κ2) is 5.53. The molecule has 1 nitrogen and oxygen atoms in total. The van der Waals surface area contributed by atoms with E-state index in [-0.39, 0.29) is 5.56 Å². The predicted octanol–water partition coefficient (Wildman–Crippen LogP) is 4.03. The molecule has 1 atom stereocenters. The van der Waals surface area contributed by atoms with Gasteiger partial charge in [0.2, 0.25) is 0 Å². The third-order valence-corrected chi connectivity index (χ3v) is 4.13. The van der Waals surface area contributed by atoms with Crippen LogP contribution in [0.25, 0.3) is 0 Å². The number of hydrogen-bond acceptors (Lipinski definition) is 1. The van der Waals surface area contributed by atoms with Crippen LogP contribution < -0.4 is 5.73 Å². The zero-order valence-corrected chi connectivity index (χ0v) is 11.5. The number of rotatable bonds is 2. The first-order chi connectivity index (χ1) is 10.1. The van der Waals surface area contributed by atoms with Gasteiger partial charge in [-0.2, -0.15) is 0 Å². The van der Waals surface area contributed by atoms with E-state index in [4.69, 9.17) is 5.73 Å². The molecule has 1 aliphatic rings. The SMILES string of the molecule is NC(c1ccc2c(c1)CCCC2)c1ccc(F)c(F)c1F. The Balaban J connectivity index is 1.99. The van der Waals surface area contributed by atoms with Crippen LogP contribution in [0, 0.1) is 17.5 Å². The largest absolute Gasteiger partial charge is 0.320 e. The van der Waals surface area contributed by atoms with Gasteiger partial charge >= 0.3 is 0 Å². The molecule has 0 saturated carbocycles. The van der Waals surface area contributed by atoms with Crippen LogP contribution in [0.3, 0.4) is 0 Å². The van der Waals surface area contributed by atoms with Crippen LogP contribution >= 0.6 is 0 Å². The molecule has 0 bridgehead atoms. The van der Waals surface area contributed by atoms with E-state index in [0.717, 1.165) is 30.9 Å². The summed E-state index contributed by atoms with van der Waals surface area (Å²) in [5.74, 6) is -3.88. The van der Waals surface area contributed by atoms with Crippen molar-refractivity contribution in [2.24, 2.45) is 5.73 Å². The topological polar surface area (TPSA) is 26.0 Å². The van der Waals surface area contributed by atoms with Crippen LogP contribution in [0.15, 0.2) is 30.3 Å². The second-order valence-electron chi connectivity index (χ2n) is 5.48. The first-order valence-corrected chi connectivity index (χ1v) is 7.08. The molecule has 0 spiro atoms. The molecule has 1 unspecified atom stereocenters. The summed E-state index contributed by atoms with van der Waals surface area (Å²) in [6.07, 6.45) is 4.34. The minimum atomic E-state index is -1.47. The van der Waals surface area contributed by atoms with Gasteiger partial charge in [0.15, 0.2) is 17.5 Å². The lowest BCUT2D eigenvalue weighted by molar-refractivity contribution is 0.438. The molecule has 0 aliphatic heterocycles. The molecular weight excluding hydrogens is 275 g/mol. The summed E-state index contributed by atoms with van der Waals surface area (Å²) in [7, 11) is 0. The van der Waals surface area contributed by atoms with Crippen LogP contribution in [0.1, 0.15) is 41.1 Å². The van der Waals surface area contributed by atoms with Gasteiger partial charge in [0, 0.05) is 5.56 Å². The lowest BCUT2D eigenvalue weighted by Gasteiger charge is -2.20. The fraction of sp³-hybridized carbons (Fsp3) is 0.294. The van der Waals surface area contributed by atoms with E-state index in [9.17, 15) is 13.2 Å². The molecule has 0 fully saturated rings. The molecule has 2 aromatic carbocycles. The zero-order chi connectivity index (χ0) is 15.0. The number of hydrogen-bond donors (Lipinski definition) is 1. The van der Waals surface area contributed by atoms with Crippen molar-refractivity contribution in [2.75, 3.05) is 0 Å². The average Bonchev–Trinajstić information content (AvgIpc) is 2.52. The summed E-state index contributed by atoms with van der Waals surface area (Å²) in [6, 6.07) is 7.12. The second-order valence-corrected chi connectivity index (χ2v) is 5.48. The summed E-state index contributed by atoms with van der Waals surface area (Å²) in [5, 5.41) is 0. The van der Waals surface area contributed by atoms with E-state index in [2.05, 4.69) is 0 Å². The fourth-order valence-electron chi connectivity index (χ4n) is 2.91. The van der Waals surface area contributed by atoms with Gasteiger partial charge in [-0.15, -0.1) is 0 Å². The first kappa shape index (κ1) is 14.1. The smallest absolute Gasteiger partial charge is 0.194 e. The van der Waals surface area contributed by atoms with Crippen LogP contribution in [-0.2, 0) is 12.8 Å². The van der Waals surface area contributed by atoms with E-state index < -0.39 is 23.5 Å². The van der Waals surface area contributed by atoms with Crippen LogP contribution in [0.5, 0.6) is 0 Å². The molecule has 0 aromatic heterocycles. The van der Waals surface area contributed by atoms with Crippen molar-refractivity contribution in [2.45, 2.75) is 31.7 Å². The van der Waals surface area contributed by atoms with E-state index in [1.54, 1.807) is 0 Å². The molecular formula is C17H16F3N. The summed E-state index contributed by atoms with van der Waals surface area (Å²) >= 11 is 0. The van der Waals surface area contributed by atoms with Gasteiger partial charge in [-0.3, -0.25) is 0 Å². The number of halogens is 3. The third kappa shape index (κ3) is 2.56. The van der Waals surface area contributed by atoms with E-state index in [1.807, 2.05) is 18.2 Å². The van der Waals surface area contributed by atoms with Crippen molar-refractivity contribution in [1.82, 2.24) is 0 Å². The van der Waals surface area contributed by atoms with E-state index in [0.29, 0.717) is 0 Å². The maximum atomic E-state index is 13.8. The Bertz CT molecular complexity index is 682. The molecule has 2 N–H and O–H groups in total. The lowest BCUT2D eigenvalue weighted by Crippen LogP contribution is -2.16. The summed E-state index contributed by atoms with van der Waals surface area (Å²) in [5.41, 5.74) is 9.25. The molecule has 1 aliphatic carbocycles. The highest BCUT2D eigenvalue weighted by Gasteiger charge is 2.20. The molecule has 110 valence electrons. The van der Waals surface area contributed by atoms with Gasteiger partial charge in [-0.1, -0.05) is 24.3 Å². The van der Waals surface area contributed by atoms with Crippen molar-refractivity contribution in [3.8, 4) is 0 Å². The number of benzene rings is 2. The highest BCUT2D eigenvalue weighted by Crippen LogP contribution is 2.29. The number of fused-ring (bicyclic) bond motifs is 1. The average molecular weight is 291 g/mol. The minimum absolute atomic E-state index is 0.0235. The molecule has 0 amide bonds. The van der Waals surface area contributed by atoms with Crippen molar-refractivity contribution >= 4 is 0 Å². The monoisotopic (exact) mass is 291 g/mol. The first-order valence-electron chi connectivity index (χ1n) is 7.08. The van der Waals surface area contributed by atoms with Crippen LogP contribution in [0.4, 0.5) is 13.2 Å². The highest BCUT2D eigenvalue weighted by atomic mass is 19.2. The number of nitrogens with two attached hydrogens (primary N) is 1. The quantitative estimate of drug-likeness (QED) is 0.831. The standard InChI is InChI=1S/C17H16F3N/c18-14-8-7-13(15(19)16(14)20)17(21)12-6-5-10-3-1-2-4-11(10)9-12/h5-9,17H,1-4,21H2. The van der Waals surface area contributed by atoms with Crippen molar-refractivity contribution < 1.29 is 13.2 Å². The normalized spacial score (nSPS) is 15.6. The van der Waals surface area contributed by atoms with Crippen molar-refractivity contribution in [1.29, 1.82) is 0 Å². The molecule has 0 heterocycles. The van der Waals surface area contributed by atoms with Crippen LogP contribution in [-0.4, -0.2) is 0 Å².